The third-order valence-electron chi connectivity index (χ3n) is 0.694. The van der Waals surface area contributed by atoms with Crippen molar-refractivity contribution in [2.45, 2.75) is 39.5 Å². The summed E-state index contributed by atoms with van der Waals surface area (Å²) in [5, 5.41) is 8.23. The van der Waals surface area contributed by atoms with Crippen LogP contribution in [0.25, 0.3) is 0 Å². The Balaban J connectivity index is 0. The van der Waals surface area contributed by atoms with Gasteiger partial charge in [-0.25, -0.2) is 0 Å². The summed E-state index contributed by atoms with van der Waals surface area (Å²) < 4.78 is 33.9. The normalized spacial score (nSPS) is 12.0. The van der Waals surface area contributed by atoms with Gasteiger partial charge in [-0.05, 0) is 13.8 Å². The number of aliphatic hydroxyl groups is 1. The largest absolute Gasteiger partial charge is 0.416 e. The smallest absolute Gasteiger partial charge is 0.381 e. The van der Waals surface area contributed by atoms with Crippen molar-refractivity contribution >= 4 is 0 Å². The van der Waals surface area contributed by atoms with Crippen LogP contribution in [0.5, 0.6) is 0 Å². The molecule has 0 saturated carbocycles. The summed E-state index contributed by atoms with van der Waals surface area (Å²) in [6.45, 7) is 5.40. The van der Waals surface area contributed by atoms with Crippen molar-refractivity contribution in [3.63, 3.8) is 0 Å². The maximum Gasteiger partial charge on any atom is 0.416 e. The summed E-state index contributed by atoms with van der Waals surface area (Å²) in [6, 6.07) is 0. The van der Waals surface area contributed by atoms with Gasteiger partial charge >= 0.3 is 6.18 Å². The van der Waals surface area contributed by atoms with E-state index in [0.717, 1.165) is 0 Å². The van der Waals surface area contributed by atoms with Crippen molar-refractivity contribution in [1.82, 2.24) is 0 Å². The Labute approximate surface area is 58.9 Å². The molecule has 0 heterocycles. The van der Waals surface area contributed by atoms with Gasteiger partial charge in [0.2, 0.25) is 0 Å². The van der Waals surface area contributed by atoms with Gasteiger partial charge < -0.3 is 5.11 Å². The van der Waals surface area contributed by atoms with Crippen molar-refractivity contribution < 1.29 is 18.3 Å². The van der Waals surface area contributed by atoms with Gasteiger partial charge in [0.1, 0.15) is 0 Å². The molecule has 0 saturated heterocycles. The minimum atomic E-state index is -4.51. The summed E-state index contributed by atoms with van der Waals surface area (Å²) in [5.74, 6) is 0. The number of hydrogen-bond donors (Lipinski definition) is 1. The highest BCUT2D eigenvalue weighted by molar-refractivity contribution is 4.74. The van der Waals surface area contributed by atoms with Crippen LogP contribution >= 0.6 is 0 Å². The van der Waals surface area contributed by atoms with Crippen molar-refractivity contribution in [1.29, 1.82) is 0 Å². The van der Waals surface area contributed by atoms with E-state index in [2.05, 4.69) is 0 Å². The predicted octanol–water partition coefficient (Wildman–Crippen LogP) is 2.35. The molecule has 10 heavy (non-hydrogen) atoms. The van der Waals surface area contributed by atoms with Crippen LogP contribution in [0.2, 0.25) is 0 Å². The van der Waals surface area contributed by atoms with E-state index in [0.29, 0.717) is 13.8 Å². The lowest BCUT2D eigenvalue weighted by atomic mass is 10.1. The van der Waals surface area contributed by atoms with E-state index in [9.17, 15) is 13.2 Å². The van der Waals surface area contributed by atoms with Crippen LogP contribution in [0.3, 0.4) is 0 Å². The Kier molecular flexibility index (Phi) is 4.73. The van der Waals surface area contributed by atoms with Crippen LogP contribution in [0, 0.1) is 0 Å². The zero-order valence-corrected chi connectivity index (χ0v) is 6.58. The summed E-state index contributed by atoms with van der Waals surface area (Å²) in [6.07, 6.45) is -4.51. The first-order valence-corrected chi connectivity index (χ1v) is 3.04. The number of alkyl halides is 3. The molecule has 0 aromatic heterocycles. The molecule has 64 valence electrons. The minimum absolute atomic E-state index is 0.701. The van der Waals surface area contributed by atoms with E-state index in [1.54, 1.807) is 0 Å². The summed E-state index contributed by atoms with van der Waals surface area (Å²) in [4.78, 5) is 0. The third kappa shape index (κ3) is 4.61. The van der Waals surface area contributed by atoms with Gasteiger partial charge in [0, 0.05) is 0 Å². The molecule has 0 aromatic carbocycles. The van der Waals surface area contributed by atoms with E-state index in [1.807, 2.05) is 13.8 Å². The zero-order chi connectivity index (χ0) is 9.00. The Bertz CT molecular complexity index is 68.0. The molecule has 1 nitrogen and oxygen atoms in total. The van der Waals surface area contributed by atoms with Gasteiger partial charge in [0.15, 0.2) is 5.60 Å². The molecule has 0 bridgehead atoms. The number of hydrogen-bond acceptors (Lipinski definition) is 1. The molecule has 0 spiro atoms. The third-order valence-corrected chi connectivity index (χ3v) is 0.694. The molecule has 0 rings (SSSR count). The lowest BCUT2D eigenvalue weighted by molar-refractivity contribution is -0.245. The minimum Gasteiger partial charge on any atom is -0.381 e. The van der Waals surface area contributed by atoms with Crippen LogP contribution in [0.4, 0.5) is 13.2 Å². The van der Waals surface area contributed by atoms with Gasteiger partial charge in [-0.2, -0.15) is 13.2 Å². The Morgan fingerprint density at radius 3 is 1.10 bits per heavy atom. The molecule has 0 aliphatic rings. The second-order valence-electron chi connectivity index (χ2n) is 2.06. The van der Waals surface area contributed by atoms with Gasteiger partial charge in [-0.15, -0.1) is 0 Å². The van der Waals surface area contributed by atoms with E-state index in [4.69, 9.17) is 5.11 Å². The molecular weight excluding hydrogens is 145 g/mol. The maximum absolute atomic E-state index is 11.3. The quantitative estimate of drug-likeness (QED) is 0.573. The first-order chi connectivity index (χ1) is 4.25. The number of halogens is 3. The molecule has 0 atom stereocenters. The van der Waals surface area contributed by atoms with Gasteiger partial charge in [0.05, 0.1) is 0 Å². The second kappa shape index (κ2) is 3.81. The Hall–Kier alpha value is -0.250. The first-order valence-electron chi connectivity index (χ1n) is 3.04. The van der Waals surface area contributed by atoms with E-state index >= 15 is 0 Å². The highest BCUT2D eigenvalue weighted by Crippen LogP contribution is 2.28. The summed E-state index contributed by atoms with van der Waals surface area (Å²) >= 11 is 0. The molecule has 0 aliphatic carbocycles. The average molecular weight is 158 g/mol. The molecule has 0 unspecified atom stereocenters. The predicted molar refractivity (Wildman–Crippen MR) is 33.7 cm³/mol. The van der Waals surface area contributed by atoms with Crippen LogP contribution < -0.4 is 0 Å². The highest BCUT2D eigenvalue weighted by atomic mass is 19.4. The molecule has 0 aliphatic heterocycles. The van der Waals surface area contributed by atoms with Crippen LogP contribution in [0.15, 0.2) is 0 Å². The van der Waals surface area contributed by atoms with Gasteiger partial charge in [0.25, 0.3) is 0 Å². The summed E-state index contributed by atoms with van der Waals surface area (Å²) in [7, 11) is 0. The Morgan fingerprint density at radius 2 is 1.10 bits per heavy atom. The second-order valence-corrected chi connectivity index (χ2v) is 2.06. The fourth-order valence-electron chi connectivity index (χ4n) is 0. The zero-order valence-electron chi connectivity index (χ0n) is 6.58. The molecule has 0 aromatic rings. The van der Waals surface area contributed by atoms with Crippen molar-refractivity contribution in [2.24, 2.45) is 0 Å². The first kappa shape index (κ1) is 12.4. The monoisotopic (exact) mass is 158 g/mol. The average Bonchev–Trinajstić information content (AvgIpc) is 1.66. The SMILES string of the molecule is CC.CC(C)(O)C(F)(F)F. The highest BCUT2D eigenvalue weighted by Gasteiger charge is 2.45. The molecule has 0 fully saturated rings. The summed E-state index contributed by atoms with van der Waals surface area (Å²) in [5.41, 5.74) is -2.56. The molecule has 4 heteroatoms. The van der Waals surface area contributed by atoms with Crippen LogP contribution in [0.1, 0.15) is 27.7 Å². The Morgan fingerprint density at radius 1 is 1.00 bits per heavy atom. The molecule has 0 radical (unpaired) electrons. The fraction of sp³-hybridized carbons (Fsp3) is 1.00. The van der Waals surface area contributed by atoms with E-state index in [-0.39, 0.29) is 0 Å². The fourth-order valence-corrected chi connectivity index (χ4v) is 0. The lowest BCUT2D eigenvalue weighted by Gasteiger charge is -2.20. The molecule has 1 N–H and O–H groups in total. The van der Waals surface area contributed by atoms with Crippen molar-refractivity contribution in [3.8, 4) is 0 Å². The van der Waals surface area contributed by atoms with Gasteiger partial charge in [-0.1, -0.05) is 13.8 Å². The molecule has 0 amide bonds. The van der Waals surface area contributed by atoms with Crippen molar-refractivity contribution in [3.05, 3.63) is 0 Å². The molecular formula is C6H13F3O. The van der Waals surface area contributed by atoms with Crippen LogP contribution in [-0.2, 0) is 0 Å². The maximum atomic E-state index is 11.3. The number of rotatable bonds is 0. The lowest BCUT2D eigenvalue weighted by Crippen LogP contribution is -2.38. The van der Waals surface area contributed by atoms with Crippen molar-refractivity contribution in [2.75, 3.05) is 0 Å². The van der Waals surface area contributed by atoms with E-state index in [1.165, 1.54) is 0 Å². The topological polar surface area (TPSA) is 20.2 Å². The van der Waals surface area contributed by atoms with Crippen LogP contribution in [-0.4, -0.2) is 16.9 Å². The van der Waals surface area contributed by atoms with E-state index < -0.39 is 11.8 Å². The standard InChI is InChI=1S/C4H7F3O.C2H6/c1-3(2,8)4(5,6)7;1-2/h8H,1-2H3;1-2H3. The van der Waals surface area contributed by atoms with Gasteiger partial charge in [-0.3, -0.25) is 0 Å².